The van der Waals surface area contributed by atoms with Gasteiger partial charge in [-0.1, -0.05) is 42.0 Å². The number of rotatable bonds is 7. The van der Waals surface area contributed by atoms with Crippen LogP contribution in [0.1, 0.15) is 27.0 Å². The smallest absolute Gasteiger partial charge is 0.378 e. The number of carbonyl (C=O) groups excluding carboxylic acids is 1. The van der Waals surface area contributed by atoms with Crippen molar-refractivity contribution in [3.05, 3.63) is 77.1 Å². The Kier molecular flexibility index (Phi) is 7.05. The van der Waals surface area contributed by atoms with Gasteiger partial charge in [0.2, 0.25) is 5.95 Å². The second-order valence-electron chi connectivity index (χ2n) is 8.80. The molecule has 1 aliphatic heterocycles. The second kappa shape index (κ2) is 10.6. The number of hydrogen-bond donors (Lipinski definition) is 1. The highest BCUT2D eigenvalue weighted by Crippen LogP contribution is 2.29. The number of halogens is 3. The molecule has 4 aromatic rings. The summed E-state index contributed by atoms with van der Waals surface area (Å²) < 4.78 is 45.7. The lowest BCUT2D eigenvalue weighted by Gasteiger charge is -2.27. The topological polar surface area (TPSA) is 97.5 Å². The first-order valence-electron chi connectivity index (χ1n) is 11.9. The van der Waals surface area contributed by atoms with Crippen molar-refractivity contribution in [1.29, 1.82) is 0 Å². The molecule has 196 valence electrons. The Hall–Kier alpha value is -4.32. The average molecular weight is 524 g/mol. The van der Waals surface area contributed by atoms with Gasteiger partial charge in [-0.3, -0.25) is 10.2 Å². The maximum Gasteiger partial charge on any atom is 0.416 e. The van der Waals surface area contributed by atoms with Crippen LogP contribution in [0.5, 0.6) is 0 Å². The Morgan fingerprint density at radius 1 is 1.13 bits per heavy atom. The fraction of sp³-hybridized carbons (Fsp3) is 0.269. The van der Waals surface area contributed by atoms with Gasteiger partial charge >= 0.3 is 6.18 Å². The quantitative estimate of drug-likeness (QED) is 0.219. The van der Waals surface area contributed by atoms with Crippen LogP contribution in [0.3, 0.4) is 0 Å². The van der Waals surface area contributed by atoms with Crippen LogP contribution in [0, 0.1) is 6.92 Å². The number of morpholine rings is 1. The number of ketones is 1. The minimum atomic E-state index is -4.47. The number of hydrogen-bond acceptors (Lipinski definition) is 8. The molecule has 0 amide bonds. The van der Waals surface area contributed by atoms with E-state index in [-0.39, 0.29) is 17.9 Å². The van der Waals surface area contributed by atoms with Crippen molar-refractivity contribution in [2.75, 3.05) is 36.6 Å². The molecule has 1 aliphatic rings. The molecule has 0 bridgehead atoms. The van der Waals surface area contributed by atoms with E-state index in [1.54, 1.807) is 10.8 Å². The van der Waals surface area contributed by atoms with Gasteiger partial charge in [-0.2, -0.15) is 28.2 Å². The number of alkyl halides is 3. The van der Waals surface area contributed by atoms with E-state index in [0.29, 0.717) is 49.2 Å². The van der Waals surface area contributed by atoms with Crippen molar-refractivity contribution in [3.63, 3.8) is 0 Å². The summed E-state index contributed by atoms with van der Waals surface area (Å²) in [6, 6.07) is 12.0. The highest BCUT2D eigenvalue weighted by atomic mass is 19.4. The molecule has 1 fully saturated rings. The second-order valence-corrected chi connectivity index (χ2v) is 8.80. The van der Waals surface area contributed by atoms with Gasteiger partial charge < -0.3 is 14.2 Å². The monoisotopic (exact) mass is 523 g/mol. The third-order valence-corrected chi connectivity index (χ3v) is 6.02. The lowest BCUT2D eigenvalue weighted by molar-refractivity contribution is -0.137. The van der Waals surface area contributed by atoms with E-state index in [1.165, 1.54) is 18.5 Å². The maximum atomic E-state index is 12.9. The van der Waals surface area contributed by atoms with Crippen LogP contribution in [0.15, 0.2) is 60.0 Å². The normalized spacial score (nSPS) is 14.4. The molecular formula is C26H24F3N7O2. The van der Waals surface area contributed by atoms with Crippen LogP contribution in [0.25, 0.3) is 11.2 Å². The SMILES string of the molecule is Cc1cccc(/C=N/Nc2nc(N3CCOCC3)nc3c2ncn3CC(=O)c2ccc(C(F)(F)F)cc2)c1. The van der Waals surface area contributed by atoms with Gasteiger partial charge in [0, 0.05) is 18.7 Å². The van der Waals surface area contributed by atoms with E-state index < -0.39 is 11.7 Å². The molecule has 5 rings (SSSR count). The van der Waals surface area contributed by atoms with E-state index in [1.807, 2.05) is 36.1 Å². The number of carbonyl (C=O) groups is 1. The third kappa shape index (κ3) is 5.65. The Balaban J connectivity index is 1.44. The van der Waals surface area contributed by atoms with Crippen LogP contribution < -0.4 is 10.3 Å². The van der Waals surface area contributed by atoms with Gasteiger partial charge in [-0.25, -0.2) is 4.98 Å². The molecule has 0 spiro atoms. The minimum absolute atomic E-state index is 0.156. The molecule has 38 heavy (non-hydrogen) atoms. The fourth-order valence-corrected chi connectivity index (χ4v) is 4.04. The molecule has 0 aliphatic carbocycles. The Bertz CT molecular complexity index is 1480. The number of aryl methyl sites for hydroxylation is 1. The predicted molar refractivity (Wildman–Crippen MR) is 137 cm³/mol. The van der Waals surface area contributed by atoms with Crippen molar-refractivity contribution in [3.8, 4) is 0 Å². The molecular weight excluding hydrogens is 499 g/mol. The summed E-state index contributed by atoms with van der Waals surface area (Å²) >= 11 is 0. The number of ether oxygens (including phenoxy) is 1. The van der Waals surface area contributed by atoms with E-state index in [2.05, 4.69) is 25.5 Å². The number of nitrogens with one attached hydrogen (secondary N) is 1. The zero-order chi connectivity index (χ0) is 26.7. The molecule has 12 heteroatoms. The number of Topliss-reactive ketones (excluding diaryl/α,β-unsaturated/α-hetero) is 1. The summed E-state index contributed by atoms with van der Waals surface area (Å²) in [4.78, 5) is 28.5. The molecule has 0 saturated carbocycles. The zero-order valence-corrected chi connectivity index (χ0v) is 20.4. The van der Waals surface area contributed by atoms with Gasteiger partial charge in [0.15, 0.2) is 22.8 Å². The third-order valence-electron chi connectivity index (χ3n) is 6.02. The van der Waals surface area contributed by atoms with E-state index in [0.717, 1.165) is 23.3 Å². The molecule has 2 aromatic carbocycles. The number of anilines is 2. The summed E-state index contributed by atoms with van der Waals surface area (Å²) in [5.74, 6) is 0.412. The van der Waals surface area contributed by atoms with Gasteiger partial charge in [-0.05, 0) is 24.6 Å². The van der Waals surface area contributed by atoms with Crippen molar-refractivity contribution in [2.45, 2.75) is 19.6 Å². The summed E-state index contributed by atoms with van der Waals surface area (Å²) in [5, 5.41) is 4.32. The van der Waals surface area contributed by atoms with Crippen LogP contribution >= 0.6 is 0 Å². The molecule has 9 nitrogen and oxygen atoms in total. The standard InChI is InChI=1S/C26H24F3N7O2/c1-17-3-2-4-18(13-17)14-31-34-23-22-24(33-25(32-23)35-9-11-38-12-10-35)36(16-30-22)15-21(37)19-5-7-20(8-6-19)26(27,28)29/h2-8,13-14,16H,9-12,15H2,1H3,(H,32,33,34)/b31-14+. The number of benzene rings is 2. The number of imidazole rings is 1. The van der Waals surface area contributed by atoms with Gasteiger partial charge in [0.1, 0.15) is 0 Å². The molecule has 3 heterocycles. The summed E-state index contributed by atoms with van der Waals surface area (Å²) in [6.07, 6.45) is -1.35. The highest BCUT2D eigenvalue weighted by molar-refractivity contribution is 5.97. The first-order valence-corrected chi connectivity index (χ1v) is 11.9. The summed E-state index contributed by atoms with van der Waals surface area (Å²) in [5.41, 5.74) is 5.10. The van der Waals surface area contributed by atoms with Crippen LogP contribution in [0.2, 0.25) is 0 Å². The van der Waals surface area contributed by atoms with Crippen molar-refractivity contribution < 1.29 is 22.7 Å². The Morgan fingerprint density at radius 3 is 2.61 bits per heavy atom. The lowest BCUT2D eigenvalue weighted by atomic mass is 10.1. The van der Waals surface area contributed by atoms with Crippen molar-refractivity contribution >= 4 is 34.9 Å². The molecule has 1 saturated heterocycles. The fourth-order valence-electron chi connectivity index (χ4n) is 4.04. The Labute approximate surface area is 216 Å². The zero-order valence-electron chi connectivity index (χ0n) is 20.4. The van der Waals surface area contributed by atoms with E-state index in [9.17, 15) is 18.0 Å². The molecule has 1 N–H and O–H groups in total. The van der Waals surface area contributed by atoms with Gasteiger partial charge in [0.05, 0.1) is 37.9 Å². The minimum Gasteiger partial charge on any atom is -0.378 e. The van der Waals surface area contributed by atoms with Crippen LogP contribution in [-0.4, -0.2) is 57.8 Å². The van der Waals surface area contributed by atoms with Gasteiger partial charge in [0.25, 0.3) is 0 Å². The predicted octanol–water partition coefficient (Wildman–Crippen LogP) is 4.32. The number of hydrazone groups is 1. The summed E-state index contributed by atoms with van der Waals surface area (Å²) in [6.45, 7) is 4.08. The molecule has 2 aromatic heterocycles. The first-order chi connectivity index (χ1) is 18.3. The molecule has 0 unspecified atom stereocenters. The number of fused-ring (bicyclic) bond motifs is 1. The lowest BCUT2D eigenvalue weighted by Crippen LogP contribution is -2.37. The summed E-state index contributed by atoms with van der Waals surface area (Å²) in [7, 11) is 0. The van der Waals surface area contributed by atoms with E-state index >= 15 is 0 Å². The first kappa shape index (κ1) is 25.3. The highest BCUT2D eigenvalue weighted by Gasteiger charge is 2.30. The average Bonchev–Trinajstić information content (AvgIpc) is 3.31. The van der Waals surface area contributed by atoms with Crippen molar-refractivity contribution in [1.82, 2.24) is 19.5 Å². The largest absolute Gasteiger partial charge is 0.416 e. The van der Waals surface area contributed by atoms with Crippen molar-refractivity contribution in [2.24, 2.45) is 5.10 Å². The van der Waals surface area contributed by atoms with E-state index in [4.69, 9.17) is 4.74 Å². The molecule has 0 atom stereocenters. The van der Waals surface area contributed by atoms with Crippen LogP contribution in [0.4, 0.5) is 24.9 Å². The van der Waals surface area contributed by atoms with Gasteiger partial charge in [-0.15, -0.1) is 0 Å². The molecule has 0 radical (unpaired) electrons. The maximum absolute atomic E-state index is 12.9. The van der Waals surface area contributed by atoms with Crippen LogP contribution in [-0.2, 0) is 17.5 Å². The number of aromatic nitrogens is 4. The Morgan fingerprint density at radius 2 is 1.89 bits per heavy atom. The number of nitrogens with zero attached hydrogens (tertiary/aromatic N) is 6.